The molecule has 0 saturated carbocycles. The van der Waals surface area contributed by atoms with Crippen LogP contribution >= 0.6 is 0 Å². The SMILES string of the molecule is CC(C)CNC(=O)NC(=O)Cn1cnc2cc([N+](=O)[O-])ccc2c1=O. The van der Waals surface area contributed by atoms with Crippen molar-refractivity contribution in [2.75, 3.05) is 6.54 Å². The van der Waals surface area contributed by atoms with Gasteiger partial charge in [-0.25, -0.2) is 9.78 Å². The largest absolute Gasteiger partial charge is 0.338 e. The lowest BCUT2D eigenvalue weighted by atomic mass is 10.2. The average molecular weight is 347 g/mol. The molecule has 0 saturated heterocycles. The van der Waals surface area contributed by atoms with Crippen LogP contribution in [0.2, 0.25) is 0 Å². The Morgan fingerprint density at radius 2 is 2.08 bits per heavy atom. The van der Waals surface area contributed by atoms with Gasteiger partial charge in [0.15, 0.2) is 0 Å². The molecule has 1 aromatic heterocycles. The number of imide groups is 1. The minimum Gasteiger partial charge on any atom is -0.338 e. The van der Waals surface area contributed by atoms with E-state index in [1.807, 2.05) is 13.8 Å². The number of amides is 3. The molecular formula is C15H17N5O5. The summed E-state index contributed by atoms with van der Waals surface area (Å²) in [5.74, 6) is -0.441. The number of fused-ring (bicyclic) bond motifs is 1. The van der Waals surface area contributed by atoms with Crippen molar-refractivity contribution in [3.8, 4) is 0 Å². The van der Waals surface area contributed by atoms with Crippen LogP contribution in [0.15, 0.2) is 29.3 Å². The maximum Gasteiger partial charge on any atom is 0.321 e. The third-order valence-corrected chi connectivity index (χ3v) is 3.26. The molecule has 0 radical (unpaired) electrons. The lowest BCUT2D eigenvalue weighted by Gasteiger charge is -2.09. The molecule has 0 aliphatic rings. The van der Waals surface area contributed by atoms with Crippen LogP contribution in [0.25, 0.3) is 10.9 Å². The molecule has 10 nitrogen and oxygen atoms in total. The van der Waals surface area contributed by atoms with Crippen LogP contribution in [0, 0.1) is 16.0 Å². The zero-order valence-electron chi connectivity index (χ0n) is 13.7. The van der Waals surface area contributed by atoms with E-state index in [1.54, 1.807) is 0 Å². The number of carbonyl (C=O) groups excluding carboxylic acids is 2. The van der Waals surface area contributed by atoms with Gasteiger partial charge in [0.05, 0.1) is 22.2 Å². The van der Waals surface area contributed by atoms with Gasteiger partial charge in [0.25, 0.3) is 11.2 Å². The van der Waals surface area contributed by atoms with E-state index in [-0.39, 0.29) is 22.5 Å². The monoisotopic (exact) mass is 347 g/mol. The van der Waals surface area contributed by atoms with Crippen molar-refractivity contribution in [1.29, 1.82) is 0 Å². The van der Waals surface area contributed by atoms with Crippen LogP contribution in [0.5, 0.6) is 0 Å². The zero-order chi connectivity index (χ0) is 18.6. The first-order valence-electron chi connectivity index (χ1n) is 7.49. The highest BCUT2D eigenvalue weighted by molar-refractivity contribution is 5.94. The van der Waals surface area contributed by atoms with Crippen molar-refractivity contribution in [3.05, 3.63) is 45.0 Å². The molecule has 2 aromatic rings. The third kappa shape index (κ3) is 4.59. The summed E-state index contributed by atoms with van der Waals surface area (Å²) in [5.41, 5.74) is -0.556. The van der Waals surface area contributed by atoms with Gasteiger partial charge in [0, 0.05) is 18.7 Å². The van der Waals surface area contributed by atoms with E-state index >= 15 is 0 Å². The normalized spacial score (nSPS) is 10.7. The maximum atomic E-state index is 12.3. The molecule has 1 heterocycles. The van der Waals surface area contributed by atoms with Gasteiger partial charge >= 0.3 is 6.03 Å². The Morgan fingerprint density at radius 1 is 1.36 bits per heavy atom. The summed E-state index contributed by atoms with van der Waals surface area (Å²) >= 11 is 0. The van der Waals surface area contributed by atoms with Crippen molar-refractivity contribution in [3.63, 3.8) is 0 Å². The Morgan fingerprint density at radius 3 is 2.72 bits per heavy atom. The molecule has 0 fully saturated rings. The van der Waals surface area contributed by atoms with E-state index in [2.05, 4.69) is 15.6 Å². The Labute approximate surface area is 142 Å². The minimum atomic E-state index is -0.675. The average Bonchev–Trinajstić information content (AvgIpc) is 2.55. The molecule has 0 bridgehead atoms. The van der Waals surface area contributed by atoms with Crippen molar-refractivity contribution < 1.29 is 14.5 Å². The van der Waals surface area contributed by atoms with Gasteiger partial charge < -0.3 is 5.32 Å². The number of non-ortho nitro benzene ring substituents is 1. The number of nitro groups is 1. The molecule has 25 heavy (non-hydrogen) atoms. The van der Waals surface area contributed by atoms with Crippen molar-refractivity contribution in [1.82, 2.24) is 20.2 Å². The van der Waals surface area contributed by atoms with E-state index in [1.165, 1.54) is 18.2 Å². The smallest absolute Gasteiger partial charge is 0.321 e. The number of hydrogen-bond acceptors (Lipinski definition) is 6. The fourth-order valence-corrected chi connectivity index (χ4v) is 2.03. The molecule has 2 rings (SSSR count). The third-order valence-electron chi connectivity index (χ3n) is 3.26. The second-order valence-corrected chi connectivity index (χ2v) is 5.79. The summed E-state index contributed by atoms with van der Waals surface area (Å²) in [6.45, 7) is 3.84. The molecule has 10 heteroatoms. The van der Waals surface area contributed by atoms with Gasteiger partial charge in [-0.3, -0.25) is 29.6 Å². The van der Waals surface area contributed by atoms with Crippen LogP contribution in [0.3, 0.4) is 0 Å². The topological polar surface area (TPSA) is 136 Å². The van der Waals surface area contributed by atoms with Gasteiger partial charge in [-0.15, -0.1) is 0 Å². The minimum absolute atomic E-state index is 0.144. The van der Waals surface area contributed by atoms with Crippen LogP contribution in [-0.2, 0) is 11.3 Å². The highest BCUT2D eigenvalue weighted by Gasteiger charge is 2.13. The molecule has 0 atom stereocenters. The fourth-order valence-electron chi connectivity index (χ4n) is 2.03. The Hall–Kier alpha value is -3.30. The van der Waals surface area contributed by atoms with Gasteiger partial charge in [0.2, 0.25) is 5.91 Å². The van der Waals surface area contributed by atoms with Crippen molar-refractivity contribution in [2.45, 2.75) is 20.4 Å². The quantitative estimate of drug-likeness (QED) is 0.606. The number of nitro benzene ring substituents is 1. The molecule has 0 aliphatic carbocycles. The van der Waals surface area contributed by atoms with Crippen LogP contribution in [-0.4, -0.2) is 33.0 Å². The number of benzene rings is 1. The standard InChI is InChI=1S/C15H17N5O5/c1-9(2)6-16-15(23)18-13(21)7-19-8-17-12-5-10(20(24)25)3-4-11(12)14(19)22/h3-5,8-9H,6-7H2,1-2H3,(H2,16,18,21,23). The molecular weight excluding hydrogens is 330 g/mol. The first kappa shape index (κ1) is 18.0. The molecule has 0 aliphatic heterocycles. The van der Waals surface area contributed by atoms with E-state index in [0.29, 0.717) is 6.54 Å². The number of rotatable bonds is 5. The number of aromatic nitrogens is 2. The van der Waals surface area contributed by atoms with Crippen LogP contribution < -0.4 is 16.2 Å². The molecule has 1 aromatic carbocycles. The van der Waals surface area contributed by atoms with Crippen molar-refractivity contribution in [2.24, 2.45) is 5.92 Å². The Kier molecular flexibility index (Phi) is 5.42. The molecule has 3 amide bonds. The van der Waals surface area contributed by atoms with Gasteiger partial charge in [0.1, 0.15) is 6.54 Å². The van der Waals surface area contributed by atoms with Crippen LogP contribution in [0.1, 0.15) is 13.8 Å². The molecule has 0 unspecified atom stereocenters. The molecule has 132 valence electrons. The second-order valence-electron chi connectivity index (χ2n) is 5.79. The number of urea groups is 1. The summed E-state index contributed by atoms with van der Waals surface area (Å²) in [7, 11) is 0. The predicted octanol–water partition coefficient (Wildman–Crippen LogP) is 0.786. The second kappa shape index (κ2) is 7.51. The molecule has 0 spiro atoms. The van der Waals surface area contributed by atoms with Gasteiger partial charge in [-0.2, -0.15) is 0 Å². The summed E-state index contributed by atoms with van der Waals surface area (Å²) in [4.78, 5) is 49.8. The van der Waals surface area contributed by atoms with E-state index in [4.69, 9.17) is 0 Å². The Balaban J connectivity index is 2.13. The lowest BCUT2D eigenvalue weighted by Crippen LogP contribution is -2.43. The van der Waals surface area contributed by atoms with Crippen LogP contribution in [0.4, 0.5) is 10.5 Å². The number of nitrogens with zero attached hydrogens (tertiary/aromatic N) is 3. The summed E-state index contributed by atoms with van der Waals surface area (Å²) in [6, 6.07) is 3.01. The highest BCUT2D eigenvalue weighted by atomic mass is 16.6. The van der Waals surface area contributed by atoms with Gasteiger partial charge in [-0.05, 0) is 12.0 Å². The first-order valence-corrected chi connectivity index (χ1v) is 7.49. The zero-order valence-corrected chi connectivity index (χ0v) is 13.7. The maximum absolute atomic E-state index is 12.3. The number of hydrogen-bond donors (Lipinski definition) is 2. The Bertz CT molecular complexity index is 890. The van der Waals surface area contributed by atoms with Crippen molar-refractivity contribution >= 4 is 28.5 Å². The summed E-state index contributed by atoms with van der Waals surface area (Å²) < 4.78 is 1.03. The fraction of sp³-hybridized carbons (Fsp3) is 0.333. The van der Waals surface area contributed by atoms with E-state index in [0.717, 1.165) is 10.9 Å². The van der Waals surface area contributed by atoms with E-state index < -0.39 is 29.0 Å². The highest BCUT2D eigenvalue weighted by Crippen LogP contribution is 2.16. The number of carbonyl (C=O) groups is 2. The van der Waals surface area contributed by atoms with Gasteiger partial charge in [-0.1, -0.05) is 13.8 Å². The summed E-state index contributed by atoms with van der Waals surface area (Å²) in [6.07, 6.45) is 1.11. The lowest BCUT2D eigenvalue weighted by molar-refractivity contribution is -0.384. The molecule has 2 N–H and O–H groups in total. The number of nitrogens with one attached hydrogen (secondary N) is 2. The predicted molar refractivity (Wildman–Crippen MR) is 89.0 cm³/mol. The first-order chi connectivity index (χ1) is 11.8. The van der Waals surface area contributed by atoms with E-state index in [9.17, 15) is 24.5 Å². The summed E-state index contributed by atoms with van der Waals surface area (Å²) in [5, 5.41) is 15.5.